The molecule has 0 saturated carbocycles. The van der Waals surface area contributed by atoms with Crippen LogP contribution >= 0.6 is 0 Å². The Morgan fingerprint density at radius 1 is 0.778 bits per heavy atom. The van der Waals surface area contributed by atoms with Crippen molar-refractivity contribution in [1.29, 1.82) is 10.5 Å². The maximum Gasteiger partial charge on any atom is 0.0991 e. The van der Waals surface area contributed by atoms with Crippen molar-refractivity contribution in [2.24, 2.45) is 0 Å². The van der Waals surface area contributed by atoms with E-state index in [-0.39, 0.29) is 0 Å². The first-order chi connectivity index (χ1) is 8.81. The van der Waals surface area contributed by atoms with Crippen molar-refractivity contribution >= 4 is 0 Å². The fraction of sp³-hybridized carbons (Fsp3) is 0.0625. The van der Waals surface area contributed by atoms with E-state index in [1.54, 1.807) is 0 Å². The van der Waals surface area contributed by atoms with Gasteiger partial charge in [0.25, 0.3) is 0 Å². The van der Waals surface area contributed by atoms with Crippen LogP contribution in [0.3, 0.4) is 0 Å². The molecule has 0 bridgehead atoms. The molecule has 2 aromatic rings. The Kier molecular flexibility index (Phi) is 3.74. The minimum absolute atomic E-state index is 0.672. The molecule has 1 radical (unpaired) electrons. The Hall–Kier alpha value is -2.58. The molecule has 2 aromatic carbocycles. The van der Waals surface area contributed by atoms with Gasteiger partial charge in [-0.1, -0.05) is 24.3 Å². The van der Waals surface area contributed by atoms with Crippen molar-refractivity contribution < 1.29 is 0 Å². The highest BCUT2D eigenvalue weighted by Crippen LogP contribution is 2.11. The second-order valence-electron chi connectivity index (χ2n) is 3.95. The van der Waals surface area contributed by atoms with Gasteiger partial charge in [-0.2, -0.15) is 10.5 Å². The normalized spacial score (nSPS) is 9.44. The summed E-state index contributed by atoms with van der Waals surface area (Å²) in [6.45, 7) is 0. The second-order valence-corrected chi connectivity index (χ2v) is 3.95. The summed E-state index contributed by atoms with van der Waals surface area (Å²) in [6, 6.07) is 19.2. The van der Waals surface area contributed by atoms with E-state index in [0.29, 0.717) is 11.1 Å². The Balaban J connectivity index is 1.98. The molecule has 18 heavy (non-hydrogen) atoms. The van der Waals surface area contributed by atoms with Gasteiger partial charge in [0.15, 0.2) is 0 Å². The largest absolute Gasteiger partial charge is 0.192 e. The summed E-state index contributed by atoms with van der Waals surface area (Å²) in [4.78, 5) is 0. The highest BCUT2D eigenvalue weighted by atomic mass is 14.2. The third-order valence-corrected chi connectivity index (χ3v) is 2.70. The number of hydrogen-bond donors (Lipinski definition) is 0. The standard InChI is InChI=1S/C16H11N2/c17-11-15-7-3-13(4-8-15)1-2-14-5-9-16(12-18)10-6-14/h1,3-10H,2H2. The smallest absolute Gasteiger partial charge is 0.0991 e. The monoisotopic (exact) mass is 231 g/mol. The van der Waals surface area contributed by atoms with Crippen LogP contribution < -0.4 is 0 Å². The third-order valence-electron chi connectivity index (χ3n) is 2.70. The van der Waals surface area contributed by atoms with Gasteiger partial charge in [-0.05, 0) is 48.2 Å². The lowest BCUT2D eigenvalue weighted by atomic mass is 10.0. The average molecular weight is 231 g/mol. The van der Waals surface area contributed by atoms with Gasteiger partial charge >= 0.3 is 0 Å². The van der Waals surface area contributed by atoms with Gasteiger partial charge in [0.1, 0.15) is 0 Å². The Morgan fingerprint density at radius 2 is 1.28 bits per heavy atom. The topological polar surface area (TPSA) is 47.6 Å². The molecule has 85 valence electrons. The fourth-order valence-electron chi connectivity index (χ4n) is 1.64. The highest BCUT2D eigenvalue weighted by molar-refractivity contribution is 5.36. The van der Waals surface area contributed by atoms with E-state index in [9.17, 15) is 0 Å². The zero-order chi connectivity index (χ0) is 12.8. The van der Waals surface area contributed by atoms with Crippen molar-refractivity contribution in [3.63, 3.8) is 0 Å². The van der Waals surface area contributed by atoms with Crippen LogP contribution in [-0.2, 0) is 6.42 Å². The summed E-state index contributed by atoms with van der Waals surface area (Å²) in [5.41, 5.74) is 3.61. The number of benzene rings is 2. The number of rotatable bonds is 3. The minimum Gasteiger partial charge on any atom is -0.192 e. The molecule has 0 heterocycles. The van der Waals surface area contributed by atoms with Crippen LogP contribution in [0.5, 0.6) is 0 Å². The molecule has 0 aliphatic heterocycles. The fourth-order valence-corrected chi connectivity index (χ4v) is 1.64. The maximum absolute atomic E-state index is 8.70. The summed E-state index contributed by atoms with van der Waals surface area (Å²) < 4.78 is 0. The van der Waals surface area contributed by atoms with E-state index in [0.717, 1.165) is 12.0 Å². The molecular formula is C16H11N2. The van der Waals surface area contributed by atoms with Crippen molar-refractivity contribution in [3.05, 3.63) is 77.2 Å². The Bertz CT molecular complexity index is 538. The third kappa shape index (κ3) is 2.97. The van der Waals surface area contributed by atoms with Crippen LogP contribution in [0.15, 0.2) is 48.5 Å². The lowest BCUT2D eigenvalue weighted by Gasteiger charge is -2.02. The molecule has 0 aliphatic rings. The second kappa shape index (κ2) is 5.66. The Labute approximate surface area is 107 Å². The highest BCUT2D eigenvalue weighted by Gasteiger charge is 1.97. The molecule has 0 saturated heterocycles. The lowest BCUT2D eigenvalue weighted by molar-refractivity contribution is 1.16. The predicted molar refractivity (Wildman–Crippen MR) is 69.4 cm³/mol. The molecule has 0 spiro atoms. The maximum atomic E-state index is 8.70. The Morgan fingerprint density at radius 3 is 1.78 bits per heavy atom. The first-order valence-corrected chi connectivity index (χ1v) is 5.64. The van der Waals surface area contributed by atoms with Gasteiger partial charge in [-0.3, -0.25) is 0 Å². The lowest BCUT2D eigenvalue weighted by Crippen LogP contribution is -1.89. The summed E-state index contributed by atoms with van der Waals surface area (Å²) >= 11 is 0. The summed E-state index contributed by atoms with van der Waals surface area (Å²) in [5, 5.41) is 17.4. The molecule has 0 fully saturated rings. The van der Waals surface area contributed by atoms with Crippen LogP contribution in [0.4, 0.5) is 0 Å². The summed E-state index contributed by atoms with van der Waals surface area (Å²) in [6.07, 6.45) is 2.92. The van der Waals surface area contributed by atoms with Gasteiger partial charge in [0.05, 0.1) is 23.3 Å². The summed E-state index contributed by atoms with van der Waals surface area (Å²) in [7, 11) is 0. The quantitative estimate of drug-likeness (QED) is 0.814. The molecule has 0 aromatic heterocycles. The van der Waals surface area contributed by atoms with Gasteiger partial charge in [-0.25, -0.2) is 0 Å². The number of hydrogen-bond acceptors (Lipinski definition) is 2. The molecule has 0 aliphatic carbocycles. The first kappa shape index (κ1) is 11.9. The van der Waals surface area contributed by atoms with E-state index in [1.165, 1.54) is 5.56 Å². The van der Waals surface area contributed by atoms with Crippen molar-refractivity contribution in [3.8, 4) is 12.1 Å². The van der Waals surface area contributed by atoms with Crippen LogP contribution in [0.1, 0.15) is 22.3 Å². The number of nitrogens with zero attached hydrogens (tertiary/aromatic N) is 2. The van der Waals surface area contributed by atoms with E-state index in [1.807, 2.05) is 48.5 Å². The molecule has 0 N–H and O–H groups in total. The molecule has 2 heteroatoms. The van der Waals surface area contributed by atoms with Crippen molar-refractivity contribution in [1.82, 2.24) is 0 Å². The zero-order valence-corrected chi connectivity index (χ0v) is 9.80. The first-order valence-electron chi connectivity index (χ1n) is 5.64. The van der Waals surface area contributed by atoms with E-state index in [4.69, 9.17) is 10.5 Å². The van der Waals surface area contributed by atoms with Gasteiger partial charge < -0.3 is 0 Å². The van der Waals surface area contributed by atoms with Crippen LogP contribution in [0, 0.1) is 29.1 Å². The summed E-state index contributed by atoms with van der Waals surface area (Å²) in [5.74, 6) is 0. The van der Waals surface area contributed by atoms with Gasteiger partial charge in [0, 0.05) is 0 Å². The molecule has 2 rings (SSSR count). The molecule has 0 atom stereocenters. The van der Waals surface area contributed by atoms with Crippen molar-refractivity contribution in [2.75, 3.05) is 0 Å². The average Bonchev–Trinajstić information content (AvgIpc) is 2.46. The predicted octanol–water partition coefficient (Wildman–Crippen LogP) is 3.23. The van der Waals surface area contributed by atoms with E-state index >= 15 is 0 Å². The molecular weight excluding hydrogens is 220 g/mol. The van der Waals surface area contributed by atoms with Crippen LogP contribution in [0.25, 0.3) is 0 Å². The van der Waals surface area contributed by atoms with Gasteiger partial charge in [0.2, 0.25) is 0 Å². The minimum atomic E-state index is 0.672. The van der Waals surface area contributed by atoms with Gasteiger partial charge in [-0.15, -0.1) is 0 Å². The van der Waals surface area contributed by atoms with E-state index < -0.39 is 0 Å². The molecule has 2 nitrogen and oxygen atoms in total. The van der Waals surface area contributed by atoms with Crippen LogP contribution in [-0.4, -0.2) is 0 Å². The molecule has 0 amide bonds. The van der Waals surface area contributed by atoms with E-state index in [2.05, 4.69) is 18.6 Å². The SMILES string of the molecule is N#Cc1ccc([CH]Cc2ccc(C#N)cc2)cc1. The van der Waals surface area contributed by atoms with Crippen molar-refractivity contribution in [2.45, 2.75) is 6.42 Å². The van der Waals surface area contributed by atoms with Crippen LogP contribution in [0.2, 0.25) is 0 Å². The number of nitriles is 2. The zero-order valence-electron chi connectivity index (χ0n) is 9.80. The molecule has 0 unspecified atom stereocenters.